The Kier molecular flexibility index (Phi) is 5.07. The summed E-state index contributed by atoms with van der Waals surface area (Å²) in [6.45, 7) is 7.73. The lowest BCUT2D eigenvalue weighted by Crippen LogP contribution is -3.00. The second-order valence-corrected chi connectivity index (χ2v) is 3.44. The van der Waals surface area contributed by atoms with E-state index in [0.717, 1.165) is 6.54 Å². The zero-order valence-corrected chi connectivity index (χ0v) is 9.73. The highest BCUT2D eigenvalue weighted by atomic mass is 35.5. The number of nitrogens with zero attached hydrogens (tertiary/aromatic N) is 2. The first-order valence-corrected chi connectivity index (χ1v) is 4.68. The van der Waals surface area contributed by atoms with Crippen molar-refractivity contribution < 1.29 is 17.0 Å². The van der Waals surface area contributed by atoms with Crippen molar-refractivity contribution in [3.63, 3.8) is 0 Å². The lowest BCUT2D eigenvalue weighted by molar-refractivity contribution is -0.677. The van der Waals surface area contributed by atoms with E-state index < -0.39 is 0 Å². The van der Waals surface area contributed by atoms with Gasteiger partial charge >= 0.3 is 0 Å². The molecule has 0 amide bonds. The van der Waals surface area contributed by atoms with E-state index in [9.17, 15) is 0 Å². The highest BCUT2D eigenvalue weighted by Gasteiger charge is 2.11. The van der Waals surface area contributed by atoms with E-state index in [1.54, 1.807) is 0 Å². The van der Waals surface area contributed by atoms with Gasteiger partial charge in [0.05, 0.1) is 13.6 Å². The monoisotopic (exact) mass is 202 g/mol. The second-order valence-electron chi connectivity index (χ2n) is 3.44. The van der Waals surface area contributed by atoms with E-state index in [4.69, 9.17) is 0 Å². The Morgan fingerprint density at radius 3 is 2.38 bits per heavy atom. The molecular formula is C10H19ClN2. The summed E-state index contributed by atoms with van der Waals surface area (Å²) >= 11 is 0. The fraction of sp³-hybridized carbons (Fsp3) is 0.700. The number of hydrogen-bond acceptors (Lipinski definition) is 0. The molecule has 0 aliphatic heterocycles. The molecule has 2 nitrogen and oxygen atoms in total. The summed E-state index contributed by atoms with van der Waals surface area (Å²) in [6.07, 6.45) is 4.72. The molecule has 0 unspecified atom stereocenters. The van der Waals surface area contributed by atoms with Crippen LogP contribution in [0.25, 0.3) is 0 Å². The average molecular weight is 203 g/mol. The molecule has 0 saturated heterocycles. The summed E-state index contributed by atoms with van der Waals surface area (Å²) in [7, 11) is 2.10. The van der Waals surface area contributed by atoms with E-state index in [0.29, 0.717) is 0 Å². The van der Waals surface area contributed by atoms with Gasteiger partial charge in [0.2, 0.25) is 6.33 Å². The van der Waals surface area contributed by atoms with Crippen molar-refractivity contribution in [2.24, 2.45) is 7.05 Å². The van der Waals surface area contributed by atoms with Gasteiger partial charge in [0.1, 0.15) is 11.4 Å². The highest BCUT2D eigenvalue weighted by Crippen LogP contribution is 2.03. The van der Waals surface area contributed by atoms with Crippen LogP contribution in [0.4, 0.5) is 0 Å². The summed E-state index contributed by atoms with van der Waals surface area (Å²) in [5, 5.41) is 0. The van der Waals surface area contributed by atoms with Crippen molar-refractivity contribution in [1.29, 1.82) is 0 Å². The molecule has 0 saturated carbocycles. The Hall–Kier alpha value is -0.500. The van der Waals surface area contributed by atoms with Crippen LogP contribution in [0.2, 0.25) is 0 Å². The van der Waals surface area contributed by atoms with Gasteiger partial charge < -0.3 is 12.4 Å². The number of halogens is 1. The summed E-state index contributed by atoms with van der Waals surface area (Å²) in [4.78, 5) is 0. The van der Waals surface area contributed by atoms with Gasteiger partial charge in [-0.2, -0.15) is 0 Å². The molecule has 0 aliphatic carbocycles. The maximum atomic E-state index is 2.33. The summed E-state index contributed by atoms with van der Waals surface area (Å²) < 4.78 is 4.52. The fourth-order valence-corrected chi connectivity index (χ4v) is 1.40. The largest absolute Gasteiger partial charge is 1.00 e. The van der Waals surface area contributed by atoms with Crippen molar-refractivity contribution in [3.8, 4) is 0 Å². The zero-order valence-electron chi connectivity index (χ0n) is 8.97. The van der Waals surface area contributed by atoms with Crippen molar-refractivity contribution in [2.75, 3.05) is 0 Å². The van der Waals surface area contributed by atoms with Gasteiger partial charge in [-0.15, -0.1) is 0 Å². The molecule has 3 heteroatoms. The highest BCUT2D eigenvalue weighted by molar-refractivity contribution is 5.02. The van der Waals surface area contributed by atoms with Crippen LogP contribution in [0.5, 0.6) is 0 Å². The molecule has 0 aromatic carbocycles. The maximum Gasteiger partial charge on any atom is 0.243 e. The van der Waals surface area contributed by atoms with E-state index in [1.165, 1.54) is 24.2 Å². The van der Waals surface area contributed by atoms with Crippen LogP contribution in [0, 0.1) is 13.8 Å². The molecule has 0 N–H and O–H groups in total. The van der Waals surface area contributed by atoms with Crippen LogP contribution in [-0.2, 0) is 13.6 Å². The summed E-state index contributed by atoms with van der Waals surface area (Å²) in [6, 6.07) is 0. The first-order valence-electron chi connectivity index (χ1n) is 4.68. The SMILES string of the molecule is CCCCn1c[n+](C)c(C)c1C.[Cl-]. The molecule has 0 aliphatic rings. The molecule has 13 heavy (non-hydrogen) atoms. The Morgan fingerprint density at radius 1 is 1.38 bits per heavy atom. The minimum atomic E-state index is 0. The van der Waals surface area contributed by atoms with Crippen molar-refractivity contribution in [1.82, 2.24) is 4.57 Å². The minimum absolute atomic E-state index is 0. The van der Waals surface area contributed by atoms with Crippen LogP contribution in [0.1, 0.15) is 31.2 Å². The van der Waals surface area contributed by atoms with E-state index >= 15 is 0 Å². The molecule has 0 atom stereocenters. The zero-order chi connectivity index (χ0) is 9.14. The molecule has 1 aromatic heterocycles. The molecule has 0 fully saturated rings. The van der Waals surface area contributed by atoms with Gasteiger partial charge in [-0.05, 0) is 6.42 Å². The van der Waals surface area contributed by atoms with Crippen LogP contribution >= 0.6 is 0 Å². The van der Waals surface area contributed by atoms with Gasteiger partial charge in [0, 0.05) is 13.8 Å². The number of rotatable bonds is 3. The topological polar surface area (TPSA) is 8.81 Å². The van der Waals surface area contributed by atoms with Gasteiger partial charge in [-0.1, -0.05) is 13.3 Å². The molecule has 76 valence electrons. The Bertz CT molecular complexity index is 266. The van der Waals surface area contributed by atoms with Gasteiger partial charge in [0.15, 0.2) is 0 Å². The number of aryl methyl sites for hydroxylation is 2. The first kappa shape index (κ1) is 12.5. The number of aromatic nitrogens is 2. The summed E-state index contributed by atoms with van der Waals surface area (Å²) in [5.41, 5.74) is 2.76. The molecule has 1 heterocycles. The predicted molar refractivity (Wildman–Crippen MR) is 50.0 cm³/mol. The molecular weight excluding hydrogens is 184 g/mol. The average Bonchev–Trinajstić information content (AvgIpc) is 2.30. The van der Waals surface area contributed by atoms with Crippen LogP contribution < -0.4 is 17.0 Å². The standard InChI is InChI=1S/C10H19N2.ClH/c1-5-6-7-12-8-11(4)9(2)10(12)3;/h8H,5-7H2,1-4H3;1H/q+1;/p-1. The van der Waals surface area contributed by atoms with E-state index in [2.05, 4.69) is 43.3 Å². The summed E-state index contributed by atoms with van der Waals surface area (Å²) in [5.74, 6) is 0. The molecule has 0 radical (unpaired) electrons. The van der Waals surface area contributed by atoms with E-state index in [1.807, 2.05) is 0 Å². The smallest absolute Gasteiger partial charge is 0.243 e. The van der Waals surface area contributed by atoms with Crippen LogP contribution in [-0.4, -0.2) is 4.57 Å². The minimum Gasteiger partial charge on any atom is -1.00 e. The van der Waals surface area contributed by atoms with Crippen molar-refractivity contribution >= 4 is 0 Å². The Balaban J connectivity index is 0.00000144. The third kappa shape index (κ3) is 2.73. The Labute approximate surface area is 87.0 Å². The first-order chi connectivity index (χ1) is 5.66. The van der Waals surface area contributed by atoms with Crippen LogP contribution in [0.3, 0.4) is 0 Å². The maximum absolute atomic E-state index is 2.33. The number of hydrogen-bond donors (Lipinski definition) is 0. The Morgan fingerprint density at radius 2 is 2.00 bits per heavy atom. The van der Waals surface area contributed by atoms with E-state index in [-0.39, 0.29) is 12.4 Å². The van der Waals surface area contributed by atoms with Gasteiger partial charge in [-0.25, -0.2) is 9.13 Å². The van der Waals surface area contributed by atoms with Gasteiger partial charge in [0.25, 0.3) is 0 Å². The second kappa shape index (κ2) is 5.28. The number of imidazole rings is 1. The molecule has 1 aromatic rings. The predicted octanol–water partition coefficient (Wildman–Crippen LogP) is -1.27. The fourth-order valence-electron chi connectivity index (χ4n) is 1.40. The molecule has 0 spiro atoms. The lowest BCUT2D eigenvalue weighted by atomic mass is 10.3. The van der Waals surface area contributed by atoms with Crippen molar-refractivity contribution in [3.05, 3.63) is 17.7 Å². The normalized spacial score (nSPS) is 9.85. The number of unbranched alkanes of at least 4 members (excludes halogenated alkanes) is 1. The molecule has 1 rings (SSSR count). The van der Waals surface area contributed by atoms with Crippen LogP contribution in [0.15, 0.2) is 6.33 Å². The van der Waals surface area contributed by atoms with Gasteiger partial charge in [-0.3, -0.25) is 0 Å². The van der Waals surface area contributed by atoms with Crippen molar-refractivity contribution in [2.45, 2.75) is 40.2 Å². The third-order valence-electron chi connectivity index (χ3n) is 2.55. The quantitative estimate of drug-likeness (QED) is 0.541. The lowest BCUT2D eigenvalue weighted by Gasteiger charge is -1.95. The third-order valence-corrected chi connectivity index (χ3v) is 2.55. The molecule has 0 bridgehead atoms.